The number of thiophene rings is 1. The summed E-state index contributed by atoms with van der Waals surface area (Å²) < 4.78 is 37.6. The second-order valence-electron chi connectivity index (χ2n) is 6.45. The first-order valence-electron chi connectivity index (χ1n) is 8.82. The quantitative estimate of drug-likeness (QED) is 0.542. The summed E-state index contributed by atoms with van der Waals surface area (Å²) in [5.74, 6) is 1.78. The first-order chi connectivity index (χ1) is 13.8. The molecule has 0 aliphatic carbocycles. The Morgan fingerprint density at radius 2 is 1.83 bits per heavy atom. The second kappa shape index (κ2) is 8.71. The van der Waals surface area contributed by atoms with Gasteiger partial charge in [-0.25, -0.2) is 8.42 Å². The molecule has 0 unspecified atom stereocenters. The molecule has 0 N–H and O–H groups in total. The van der Waals surface area contributed by atoms with Crippen LogP contribution in [0.4, 0.5) is 5.69 Å². The normalized spacial score (nSPS) is 11.3. The summed E-state index contributed by atoms with van der Waals surface area (Å²) in [6, 6.07) is 13.5. The smallest absolute Gasteiger partial charge is 0.273 e. The Kier molecular flexibility index (Phi) is 6.29. The van der Waals surface area contributed by atoms with Crippen LogP contribution in [0.5, 0.6) is 5.75 Å². The Balaban J connectivity index is 1.57. The molecule has 3 rings (SSSR count). The van der Waals surface area contributed by atoms with Gasteiger partial charge in [-0.3, -0.25) is 9.10 Å². The molecule has 1 amide bonds. The van der Waals surface area contributed by atoms with Gasteiger partial charge in [0.25, 0.3) is 15.9 Å². The summed E-state index contributed by atoms with van der Waals surface area (Å²) >= 11 is 1.17. The largest absolute Gasteiger partial charge is 0.484 e. The monoisotopic (exact) mass is 434 g/mol. The zero-order valence-electron chi connectivity index (χ0n) is 16.4. The number of sulfonamides is 1. The van der Waals surface area contributed by atoms with E-state index in [4.69, 9.17) is 9.15 Å². The predicted octanol–water partition coefficient (Wildman–Crippen LogP) is 3.51. The Morgan fingerprint density at radius 1 is 1.10 bits per heavy atom. The molecule has 0 saturated heterocycles. The van der Waals surface area contributed by atoms with Gasteiger partial charge in [-0.2, -0.15) is 0 Å². The van der Waals surface area contributed by atoms with Crippen LogP contribution in [0, 0.1) is 6.92 Å². The Morgan fingerprint density at radius 3 is 2.41 bits per heavy atom. The topological polar surface area (TPSA) is 80.1 Å². The van der Waals surface area contributed by atoms with Crippen molar-refractivity contribution in [1.29, 1.82) is 0 Å². The maximum atomic E-state index is 12.6. The highest BCUT2D eigenvalue weighted by Gasteiger charge is 2.22. The number of aryl methyl sites for hydroxylation is 1. The minimum Gasteiger partial charge on any atom is -0.484 e. The number of nitrogens with zero attached hydrogens (tertiary/aromatic N) is 2. The van der Waals surface area contributed by atoms with E-state index in [1.807, 2.05) is 19.1 Å². The highest BCUT2D eigenvalue weighted by molar-refractivity contribution is 7.94. The molecule has 154 valence electrons. The third-order valence-electron chi connectivity index (χ3n) is 4.29. The molecule has 29 heavy (non-hydrogen) atoms. The Bertz CT molecular complexity index is 1060. The molecule has 3 aromatic rings. The molecule has 2 heterocycles. The van der Waals surface area contributed by atoms with Crippen LogP contribution in [-0.4, -0.2) is 39.9 Å². The molecule has 0 aliphatic heterocycles. The number of hydrogen-bond donors (Lipinski definition) is 0. The Labute approximate surface area is 174 Å². The molecule has 0 fully saturated rings. The molecule has 0 saturated carbocycles. The average molecular weight is 435 g/mol. The van der Waals surface area contributed by atoms with Crippen molar-refractivity contribution in [3.63, 3.8) is 0 Å². The fourth-order valence-corrected chi connectivity index (χ4v) is 4.94. The number of ether oxygens (including phenoxy) is 1. The summed E-state index contributed by atoms with van der Waals surface area (Å²) in [5, 5.41) is 1.72. The fraction of sp³-hybridized carbons (Fsp3) is 0.250. The fourth-order valence-electron chi connectivity index (χ4n) is 2.58. The van der Waals surface area contributed by atoms with Crippen LogP contribution in [-0.2, 0) is 21.4 Å². The van der Waals surface area contributed by atoms with Crippen LogP contribution in [0.25, 0.3) is 0 Å². The van der Waals surface area contributed by atoms with E-state index in [-0.39, 0.29) is 16.7 Å². The van der Waals surface area contributed by atoms with Crippen LogP contribution in [0.3, 0.4) is 0 Å². The summed E-state index contributed by atoms with van der Waals surface area (Å²) in [6.45, 7) is 2.08. The van der Waals surface area contributed by atoms with E-state index in [0.29, 0.717) is 23.7 Å². The molecule has 2 aromatic heterocycles. The zero-order valence-corrected chi connectivity index (χ0v) is 18.0. The van der Waals surface area contributed by atoms with Crippen LogP contribution in [0.2, 0.25) is 0 Å². The van der Waals surface area contributed by atoms with E-state index in [0.717, 1.165) is 5.76 Å². The van der Waals surface area contributed by atoms with Gasteiger partial charge in [0.1, 0.15) is 21.5 Å². The SMILES string of the molecule is Cc1ccc(CN(C)C(=O)COc2ccc(N(C)S(=O)(=O)c3cccs3)cc2)o1. The Hall–Kier alpha value is -2.78. The van der Waals surface area contributed by atoms with E-state index in [2.05, 4.69) is 0 Å². The summed E-state index contributed by atoms with van der Waals surface area (Å²) in [7, 11) is -0.408. The third kappa shape index (κ3) is 4.99. The van der Waals surface area contributed by atoms with Crippen molar-refractivity contribution in [1.82, 2.24) is 4.90 Å². The van der Waals surface area contributed by atoms with Crippen molar-refractivity contribution < 1.29 is 22.4 Å². The zero-order chi connectivity index (χ0) is 21.0. The molecule has 0 spiro atoms. The van der Waals surface area contributed by atoms with Crippen molar-refractivity contribution in [2.45, 2.75) is 17.7 Å². The molecule has 1 aromatic carbocycles. The molecule has 7 nitrogen and oxygen atoms in total. The standard InChI is InChI=1S/C20H22N2O5S2/c1-15-6-9-18(27-15)13-21(2)19(23)14-26-17-10-7-16(8-11-17)22(3)29(24,25)20-5-4-12-28-20/h4-12H,13-14H2,1-3H3. The lowest BCUT2D eigenvalue weighted by molar-refractivity contribution is -0.132. The van der Waals surface area contributed by atoms with E-state index in [9.17, 15) is 13.2 Å². The van der Waals surface area contributed by atoms with Crippen LogP contribution in [0.15, 0.2) is 62.5 Å². The van der Waals surface area contributed by atoms with Gasteiger partial charge in [0.05, 0.1) is 12.2 Å². The van der Waals surface area contributed by atoms with Crippen LogP contribution < -0.4 is 9.04 Å². The number of anilines is 1. The first kappa shape index (κ1) is 20.9. The maximum absolute atomic E-state index is 12.6. The highest BCUT2D eigenvalue weighted by atomic mass is 32.2. The molecular weight excluding hydrogens is 412 g/mol. The van der Waals surface area contributed by atoms with Gasteiger partial charge in [-0.1, -0.05) is 6.07 Å². The van der Waals surface area contributed by atoms with Crippen molar-refractivity contribution >= 4 is 33.0 Å². The molecule has 0 bridgehead atoms. The number of benzene rings is 1. The number of rotatable bonds is 8. The van der Waals surface area contributed by atoms with Gasteiger partial charge in [0, 0.05) is 14.1 Å². The van der Waals surface area contributed by atoms with Crippen molar-refractivity contribution in [3.8, 4) is 5.75 Å². The van der Waals surface area contributed by atoms with Gasteiger partial charge in [-0.15, -0.1) is 11.3 Å². The van der Waals surface area contributed by atoms with Crippen LogP contribution in [0.1, 0.15) is 11.5 Å². The number of carbonyl (C=O) groups is 1. The van der Waals surface area contributed by atoms with E-state index >= 15 is 0 Å². The number of amides is 1. The molecular formula is C20H22N2O5S2. The first-order valence-corrected chi connectivity index (χ1v) is 11.1. The van der Waals surface area contributed by atoms with Gasteiger partial charge >= 0.3 is 0 Å². The van der Waals surface area contributed by atoms with Crippen molar-refractivity contribution in [2.24, 2.45) is 0 Å². The molecule has 0 radical (unpaired) electrons. The third-order valence-corrected chi connectivity index (χ3v) is 7.45. The lowest BCUT2D eigenvalue weighted by Gasteiger charge is -2.19. The maximum Gasteiger partial charge on any atom is 0.273 e. The number of carbonyl (C=O) groups excluding carboxylic acids is 1. The van der Waals surface area contributed by atoms with Crippen molar-refractivity contribution in [3.05, 3.63) is 65.4 Å². The van der Waals surface area contributed by atoms with Gasteiger partial charge in [0.15, 0.2) is 6.61 Å². The van der Waals surface area contributed by atoms with Crippen LogP contribution >= 0.6 is 11.3 Å². The van der Waals surface area contributed by atoms with Gasteiger partial charge in [0.2, 0.25) is 0 Å². The average Bonchev–Trinajstić information content (AvgIpc) is 3.38. The van der Waals surface area contributed by atoms with E-state index in [1.54, 1.807) is 48.8 Å². The summed E-state index contributed by atoms with van der Waals surface area (Å²) in [5.41, 5.74) is 0.502. The minimum absolute atomic E-state index is 0.126. The summed E-state index contributed by atoms with van der Waals surface area (Å²) in [6.07, 6.45) is 0. The molecule has 0 atom stereocenters. The predicted molar refractivity (Wildman–Crippen MR) is 112 cm³/mol. The van der Waals surface area contributed by atoms with E-state index in [1.165, 1.54) is 27.6 Å². The van der Waals surface area contributed by atoms with E-state index < -0.39 is 10.0 Å². The van der Waals surface area contributed by atoms with Gasteiger partial charge in [-0.05, 0) is 54.8 Å². The lowest BCUT2D eigenvalue weighted by atomic mass is 10.3. The second-order valence-corrected chi connectivity index (χ2v) is 9.59. The molecule has 9 heteroatoms. The number of likely N-dealkylation sites (N-methyl/N-ethyl adjacent to an activating group) is 1. The lowest BCUT2D eigenvalue weighted by Crippen LogP contribution is -2.30. The number of furan rings is 1. The molecule has 0 aliphatic rings. The number of hydrogen-bond acceptors (Lipinski definition) is 6. The highest BCUT2D eigenvalue weighted by Crippen LogP contribution is 2.26. The van der Waals surface area contributed by atoms with Crippen molar-refractivity contribution in [2.75, 3.05) is 25.0 Å². The summed E-state index contributed by atoms with van der Waals surface area (Å²) in [4.78, 5) is 13.8. The minimum atomic E-state index is -3.59. The van der Waals surface area contributed by atoms with Gasteiger partial charge < -0.3 is 14.1 Å².